The van der Waals surface area contributed by atoms with Crippen LogP contribution in [0.5, 0.6) is 11.5 Å². The van der Waals surface area contributed by atoms with Gasteiger partial charge in [-0.1, -0.05) is 93.0 Å². The molecule has 272 valence electrons. The van der Waals surface area contributed by atoms with Crippen molar-refractivity contribution in [2.24, 2.45) is 5.41 Å². The molecule has 1 heterocycles. The third kappa shape index (κ3) is 10.7. The molecule has 0 aliphatic carbocycles. The summed E-state index contributed by atoms with van der Waals surface area (Å²) in [6.45, 7) is 8.44. The standard InChI is InChI=1S/C40H45ClFN3O5.ClH/c1-40(2,3)26-45-33-19-18-29(41)22-31(33)37(50-35(39(45)47)23-36(46)44-25-28-14-8-9-16-32(28)42)30-15-10-17-34(38(30)48-4)49-21-11-20-43-24-27-12-6-5-7-13-27;/h5-10,12-19,22,35,37,43H,11,20-21,23-26H2,1-4H3,(H,44,46);1H/t35-,37-;/m1./s1. The van der Waals surface area contributed by atoms with Gasteiger partial charge in [0.1, 0.15) is 18.0 Å². The van der Waals surface area contributed by atoms with Gasteiger partial charge in [-0.05, 0) is 54.3 Å². The van der Waals surface area contributed by atoms with Crippen molar-refractivity contribution in [3.63, 3.8) is 0 Å². The maximum absolute atomic E-state index is 14.3. The fourth-order valence-corrected chi connectivity index (χ4v) is 6.12. The van der Waals surface area contributed by atoms with Gasteiger partial charge in [-0.2, -0.15) is 0 Å². The average Bonchev–Trinajstić information content (AvgIpc) is 3.19. The summed E-state index contributed by atoms with van der Waals surface area (Å²) in [6, 6.07) is 27.3. The number of hydrogen-bond acceptors (Lipinski definition) is 6. The number of nitrogens with one attached hydrogen (secondary N) is 2. The first-order valence-corrected chi connectivity index (χ1v) is 17.2. The van der Waals surface area contributed by atoms with Crippen LogP contribution in [-0.4, -0.2) is 44.7 Å². The second-order valence-electron chi connectivity index (χ2n) is 13.5. The number of benzene rings is 4. The molecule has 5 rings (SSSR count). The van der Waals surface area contributed by atoms with Crippen LogP contribution in [0.3, 0.4) is 0 Å². The molecular weight excluding hydrogens is 692 g/mol. The SMILES string of the molecule is COc1c(OCCCNCc2ccccc2)cccc1[C@H]1O[C@H](CC(=O)NCc2ccccc2F)C(=O)N(CC(C)(C)C)c2ccc(Cl)cc21.Cl. The highest BCUT2D eigenvalue weighted by molar-refractivity contribution is 6.30. The Hall–Kier alpha value is -4.15. The number of halogens is 3. The summed E-state index contributed by atoms with van der Waals surface area (Å²) in [4.78, 5) is 29.3. The van der Waals surface area contributed by atoms with Crippen molar-refractivity contribution in [3.8, 4) is 11.5 Å². The van der Waals surface area contributed by atoms with Gasteiger partial charge >= 0.3 is 0 Å². The molecular formula is C40H46Cl2FN3O5. The number of rotatable bonds is 14. The second kappa shape index (κ2) is 18.4. The first-order valence-electron chi connectivity index (χ1n) is 16.8. The average molecular weight is 739 g/mol. The van der Waals surface area contributed by atoms with Crippen molar-refractivity contribution in [2.75, 3.05) is 31.7 Å². The lowest BCUT2D eigenvalue weighted by molar-refractivity contribution is -0.138. The molecule has 0 bridgehead atoms. The number of hydrogen-bond donors (Lipinski definition) is 2. The number of anilines is 1. The fraction of sp³-hybridized carbons (Fsp3) is 0.350. The van der Waals surface area contributed by atoms with E-state index in [1.807, 2.05) is 63.2 Å². The smallest absolute Gasteiger partial charge is 0.256 e. The van der Waals surface area contributed by atoms with Crippen molar-refractivity contribution in [3.05, 3.63) is 124 Å². The van der Waals surface area contributed by atoms with Crippen molar-refractivity contribution < 1.29 is 28.2 Å². The van der Waals surface area contributed by atoms with Crippen LogP contribution in [0.15, 0.2) is 91.0 Å². The molecule has 0 unspecified atom stereocenters. The summed E-state index contributed by atoms with van der Waals surface area (Å²) in [5, 5.41) is 6.66. The van der Waals surface area contributed by atoms with Crippen molar-refractivity contribution >= 4 is 41.5 Å². The van der Waals surface area contributed by atoms with E-state index in [2.05, 4.69) is 22.8 Å². The van der Waals surface area contributed by atoms with Crippen LogP contribution in [0.4, 0.5) is 10.1 Å². The molecule has 2 N–H and O–H groups in total. The molecule has 0 saturated heterocycles. The number of amides is 2. The van der Waals surface area contributed by atoms with E-state index in [9.17, 15) is 14.0 Å². The van der Waals surface area contributed by atoms with Crippen LogP contribution < -0.4 is 25.0 Å². The summed E-state index contributed by atoms with van der Waals surface area (Å²) in [7, 11) is 1.56. The van der Waals surface area contributed by atoms with Gasteiger partial charge < -0.3 is 29.7 Å². The first kappa shape index (κ1) is 39.6. The second-order valence-corrected chi connectivity index (χ2v) is 13.9. The molecule has 11 heteroatoms. The summed E-state index contributed by atoms with van der Waals surface area (Å²) in [5.74, 6) is -0.242. The number of fused-ring (bicyclic) bond motifs is 1. The Morgan fingerprint density at radius 2 is 1.71 bits per heavy atom. The first-order chi connectivity index (χ1) is 24.0. The molecule has 0 radical (unpaired) electrons. The van der Waals surface area contributed by atoms with Crippen molar-refractivity contribution in [1.29, 1.82) is 0 Å². The molecule has 2 amide bonds. The van der Waals surface area contributed by atoms with Crippen LogP contribution in [0.1, 0.15) is 62.0 Å². The molecule has 8 nitrogen and oxygen atoms in total. The van der Waals surface area contributed by atoms with Gasteiger partial charge in [0.05, 0.1) is 20.1 Å². The topological polar surface area (TPSA) is 89.1 Å². The van der Waals surface area contributed by atoms with Gasteiger partial charge in [0, 0.05) is 47.0 Å². The summed E-state index contributed by atoms with van der Waals surface area (Å²) >= 11 is 6.57. The lowest BCUT2D eigenvalue weighted by Crippen LogP contribution is -2.45. The maximum Gasteiger partial charge on any atom is 0.256 e. The highest BCUT2D eigenvalue weighted by Crippen LogP contribution is 2.45. The largest absolute Gasteiger partial charge is 0.492 e. The molecule has 4 aromatic carbocycles. The molecule has 0 spiro atoms. The van der Waals surface area contributed by atoms with Gasteiger partial charge in [0.15, 0.2) is 11.5 Å². The Kier molecular flexibility index (Phi) is 14.3. The molecule has 0 fully saturated rings. The monoisotopic (exact) mass is 737 g/mol. The third-order valence-corrected chi connectivity index (χ3v) is 8.50. The predicted molar refractivity (Wildman–Crippen MR) is 201 cm³/mol. The van der Waals surface area contributed by atoms with Crippen LogP contribution >= 0.6 is 24.0 Å². The van der Waals surface area contributed by atoms with Crippen LogP contribution in [-0.2, 0) is 27.4 Å². The highest BCUT2D eigenvalue weighted by atomic mass is 35.5. The molecule has 1 aliphatic rings. The lowest BCUT2D eigenvalue weighted by Gasteiger charge is -2.31. The summed E-state index contributed by atoms with van der Waals surface area (Å²) in [6.07, 6.45) is -1.52. The number of methoxy groups -OCH3 is 1. The molecule has 51 heavy (non-hydrogen) atoms. The Labute approximate surface area is 311 Å². The van der Waals surface area contributed by atoms with Crippen LogP contribution in [0.25, 0.3) is 0 Å². The third-order valence-electron chi connectivity index (χ3n) is 8.27. The Balaban J connectivity index is 0.00000583. The summed E-state index contributed by atoms with van der Waals surface area (Å²) < 4.78 is 33.1. The number of carbonyl (C=O) groups excluding carboxylic acids is 2. The predicted octanol–water partition coefficient (Wildman–Crippen LogP) is 8.04. The van der Waals surface area contributed by atoms with Crippen molar-refractivity contribution in [2.45, 2.75) is 58.9 Å². The minimum absolute atomic E-state index is 0. The van der Waals surface area contributed by atoms with E-state index < -0.39 is 23.9 Å². The summed E-state index contributed by atoms with van der Waals surface area (Å²) in [5.41, 5.74) is 3.18. The molecule has 4 aromatic rings. The van der Waals surface area contributed by atoms with Crippen molar-refractivity contribution in [1.82, 2.24) is 10.6 Å². The number of ether oxygens (including phenoxy) is 3. The van der Waals surface area contributed by atoms with Gasteiger partial charge in [-0.15, -0.1) is 12.4 Å². The highest BCUT2D eigenvalue weighted by Gasteiger charge is 2.40. The van der Waals surface area contributed by atoms with Crippen LogP contribution in [0, 0.1) is 11.2 Å². The Morgan fingerprint density at radius 1 is 0.961 bits per heavy atom. The van der Waals surface area contributed by atoms with E-state index in [-0.39, 0.29) is 36.7 Å². The zero-order valence-electron chi connectivity index (χ0n) is 29.4. The van der Waals surface area contributed by atoms with E-state index >= 15 is 0 Å². The molecule has 0 saturated carbocycles. The zero-order valence-corrected chi connectivity index (χ0v) is 31.0. The lowest BCUT2D eigenvalue weighted by atomic mass is 9.94. The van der Waals surface area contributed by atoms with E-state index in [1.165, 1.54) is 11.6 Å². The number of carbonyl (C=O) groups is 2. The van der Waals surface area contributed by atoms with E-state index in [0.717, 1.165) is 19.5 Å². The maximum atomic E-state index is 14.3. The van der Waals surface area contributed by atoms with Crippen LogP contribution in [0.2, 0.25) is 5.02 Å². The van der Waals surface area contributed by atoms with E-state index in [4.69, 9.17) is 25.8 Å². The van der Waals surface area contributed by atoms with Gasteiger partial charge in [-0.25, -0.2) is 4.39 Å². The molecule has 1 aliphatic heterocycles. The minimum Gasteiger partial charge on any atom is -0.492 e. The molecule has 0 aromatic heterocycles. The number of nitrogens with zero attached hydrogens (tertiary/aromatic N) is 1. The Morgan fingerprint density at radius 3 is 2.43 bits per heavy atom. The van der Waals surface area contributed by atoms with Gasteiger partial charge in [0.2, 0.25) is 5.91 Å². The van der Waals surface area contributed by atoms with Gasteiger partial charge in [0.25, 0.3) is 5.91 Å². The zero-order chi connectivity index (χ0) is 35.7. The van der Waals surface area contributed by atoms with Gasteiger partial charge in [-0.3, -0.25) is 9.59 Å². The minimum atomic E-state index is -1.17. The normalized spacial score (nSPS) is 15.7. The van der Waals surface area contributed by atoms with E-state index in [1.54, 1.807) is 42.3 Å². The Bertz CT molecular complexity index is 1770. The van der Waals surface area contributed by atoms with E-state index in [0.29, 0.717) is 52.1 Å². The fourth-order valence-electron chi connectivity index (χ4n) is 5.94. The quantitative estimate of drug-likeness (QED) is 0.127. The molecule has 2 atom stereocenters. The number of para-hydroxylation sites is 1.